The Balaban J connectivity index is 1.51. The minimum Gasteiger partial charge on any atom is -0.497 e. The van der Waals surface area contributed by atoms with Gasteiger partial charge in [-0.05, 0) is 36.6 Å². The second-order valence-electron chi connectivity index (χ2n) is 6.03. The van der Waals surface area contributed by atoms with Crippen LogP contribution in [0.15, 0.2) is 36.5 Å². The maximum Gasteiger partial charge on any atom is 0.224 e. The molecule has 134 valence electrons. The Bertz CT molecular complexity index is 809. The molecule has 1 aliphatic rings. The van der Waals surface area contributed by atoms with Crippen molar-refractivity contribution < 1.29 is 13.2 Å². The van der Waals surface area contributed by atoms with E-state index in [0.717, 1.165) is 12.2 Å². The highest BCUT2D eigenvalue weighted by Gasteiger charge is 2.27. The standard InChI is InChI=1S/C17H22N4O3S/c1-24-15-4-2-13(3-5-15)6-9-18-17-19-10-7-16(21-17)20-14-8-11-25(22,23)12-14/h2-5,7,10,14H,6,8-9,11-12H2,1H3,(H2,18,19,20,21). The summed E-state index contributed by atoms with van der Waals surface area (Å²) < 4.78 is 28.2. The molecule has 8 heteroatoms. The van der Waals surface area contributed by atoms with Crippen LogP contribution in [0.4, 0.5) is 11.8 Å². The Hall–Kier alpha value is -2.35. The molecule has 1 fully saturated rings. The summed E-state index contributed by atoms with van der Waals surface area (Å²) in [5, 5.41) is 6.37. The van der Waals surface area contributed by atoms with Gasteiger partial charge in [0.2, 0.25) is 5.95 Å². The molecular formula is C17H22N4O3S. The molecule has 1 unspecified atom stereocenters. The SMILES string of the molecule is COc1ccc(CCNc2nccc(NC3CCS(=O)(=O)C3)n2)cc1. The number of rotatable bonds is 7. The smallest absolute Gasteiger partial charge is 0.224 e. The zero-order valence-corrected chi connectivity index (χ0v) is 14.9. The monoisotopic (exact) mass is 362 g/mol. The molecule has 1 saturated heterocycles. The average Bonchev–Trinajstić information content (AvgIpc) is 2.94. The van der Waals surface area contributed by atoms with Gasteiger partial charge >= 0.3 is 0 Å². The molecule has 0 amide bonds. The lowest BCUT2D eigenvalue weighted by Gasteiger charge is -2.12. The number of anilines is 2. The van der Waals surface area contributed by atoms with Gasteiger partial charge in [0.25, 0.3) is 0 Å². The Kier molecular flexibility index (Phi) is 5.37. The van der Waals surface area contributed by atoms with Crippen LogP contribution < -0.4 is 15.4 Å². The topological polar surface area (TPSA) is 93.2 Å². The fraction of sp³-hybridized carbons (Fsp3) is 0.412. The van der Waals surface area contributed by atoms with E-state index in [1.807, 2.05) is 24.3 Å². The summed E-state index contributed by atoms with van der Waals surface area (Å²) >= 11 is 0. The molecule has 7 nitrogen and oxygen atoms in total. The third-order valence-electron chi connectivity index (χ3n) is 4.10. The molecule has 1 aromatic heterocycles. The van der Waals surface area contributed by atoms with Crippen molar-refractivity contribution in [3.63, 3.8) is 0 Å². The van der Waals surface area contributed by atoms with Gasteiger partial charge in [-0.1, -0.05) is 12.1 Å². The molecule has 0 bridgehead atoms. The van der Waals surface area contributed by atoms with Crippen LogP contribution in [0.2, 0.25) is 0 Å². The van der Waals surface area contributed by atoms with E-state index in [1.54, 1.807) is 19.4 Å². The van der Waals surface area contributed by atoms with Gasteiger partial charge in [-0.15, -0.1) is 0 Å². The third-order valence-corrected chi connectivity index (χ3v) is 5.86. The van der Waals surface area contributed by atoms with Gasteiger partial charge in [-0.25, -0.2) is 13.4 Å². The van der Waals surface area contributed by atoms with Gasteiger partial charge in [0.15, 0.2) is 9.84 Å². The molecule has 3 rings (SSSR count). The summed E-state index contributed by atoms with van der Waals surface area (Å²) in [6.45, 7) is 0.702. The maximum atomic E-state index is 11.5. The van der Waals surface area contributed by atoms with E-state index in [9.17, 15) is 8.42 Å². The summed E-state index contributed by atoms with van der Waals surface area (Å²) in [5.41, 5.74) is 1.19. The molecule has 1 aromatic carbocycles. The van der Waals surface area contributed by atoms with E-state index in [0.29, 0.717) is 24.7 Å². The average molecular weight is 362 g/mol. The van der Waals surface area contributed by atoms with Gasteiger partial charge in [0.1, 0.15) is 11.6 Å². The lowest BCUT2D eigenvalue weighted by atomic mass is 10.1. The van der Waals surface area contributed by atoms with E-state index >= 15 is 0 Å². The molecule has 0 spiro atoms. The van der Waals surface area contributed by atoms with Crippen LogP contribution in [0.1, 0.15) is 12.0 Å². The minimum absolute atomic E-state index is 0.0768. The van der Waals surface area contributed by atoms with Gasteiger partial charge in [-0.3, -0.25) is 0 Å². The zero-order valence-electron chi connectivity index (χ0n) is 14.1. The van der Waals surface area contributed by atoms with Crippen molar-refractivity contribution in [1.82, 2.24) is 9.97 Å². The highest BCUT2D eigenvalue weighted by atomic mass is 32.2. The highest BCUT2D eigenvalue weighted by molar-refractivity contribution is 7.91. The largest absolute Gasteiger partial charge is 0.497 e. The predicted octanol–water partition coefficient (Wildman–Crippen LogP) is 1.74. The van der Waals surface area contributed by atoms with Crippen LogP contribution in [0.5, 0.6) is 5.75 Å². The summed E-state index contributed by atoms with van der Waals surface area (Å²) in [6, 6.07) is 9.60. The van der Waals surface area contributed by atoms with Crippen molar-refractivity contribution in [1.29, 1.82) is 0 Å². The molecule has 0 radical (unpaired) electrons. The number of nitrogens with one attached hydrogen (secondary N) is 2. The fourth-order valence-corrected chi connectivity index (χ4v) is 4.43. The predicted molar refractivity (Wildman–Crippen MR) is 97.9 cm³/mol. The van der Waals surface area contributed by atoms with Crippen LogP contribution in [0.25, 0.3) is 0 Å². The Morgan fingerprint density at radius 3 is 2.72 bits per heavy atom. The normalized spacial score (nSPS) is 18.7. The summed E-state index contributed by atoms with van der Waals surface area (Å²) in [4.78, 5) is 8.60. The molecule has 0 aliphatic carbocycles. The third kappa shape index (κ3) is 5.06. The first-order valence-corrected chi connectivity index (χ1v) is 10.0. The maximum absolute atomic E-state index is 11.5. The molecule has 2 N–H and O–H groups in total. The van der Waals surface area contributed by atoms with Crippen molar-refractivity contribution in [3.05, 3.63) is 42.1 Å². The first-order chi connectivity index (χ1) is 12.0. The van der Waals surface area contributed by atoms with Crippen LogP contribution in [-0.4, -0.2) is 49.6 Å². The second kappa shape index (κ2) is 7.69. The van der Waals surface area contributed by atoms with E-state index in [1.165, 1.54) is 5.56 Å². The molecule has 2 aromatic rings. The second-order valence-corrected chi connectivity index (χ2v) is 8.26. The lowest BCUT2D eigenvalue weighted by molar-refractivity contribution is 0.414. The van der Waals surface area contributed by atoms with E-state index in [2.05, 4.69) is 20.6 Å². The number of ether oxygens (including phenoxy) is 1. The summed E-state index contributed by atoms with van der Waals surface area (Å²) in [6.07, 6.45) is 3.12. The van der Waals surface area contributed by atoms with E-state index in [-0.39, 0.29) is 17.5 Å². The number of hydrogen-bond acceptors (Lipinski definition) is 7. The summed E-state index contributed by atoms with van der Waals surface area (Å²) in [5.74, 6) is 2.41. The Morgan fingerprint density at radius 1 is 1.24 bits per heavy atom. The molecule has 0 saturated carbocycles. The molecule has 1 atom stereocenters. The first kappa shape index (κ1) is 17.5. The van der Waals surface area contributed by atoms with Gasteiger partial charge in [0.05, 0.1) is 18.6 Å². The number of benzene rings is 1. The highest BCUT2D eigenvalue weighted by Crippen LogP contribution is 2.17. The number of aromatic nitrogens is 2. The number of sulfone groups is 1. The van der Waals surface area contributed by atoms with Gasteiger partial charge < -0.3 is 15.4 Å². The fourth-order valence-electron chi connectivity index (χ4n) is 2.75. The molecule has 25 heavy (non-hydrogen) atoms. The van der Waals surface area contributed by atoms with Crippen LogP contribution in [-0.2, 0) is 16.3 Å². The van der Waals surface area contributed by atoms with Crippen LogP contribution in [0.3, 0.4) is 0 Å². The van der Waals surface area contributed by atoms with E-state index < -0.39 is 9.84 Å². The minimum atomic E-state index is -2.91. The first-order valence-electron chi connectivity index (χ1n) is 8.21. The number of methoxy groups -OCH3 is 1. The van der Waals surface area contributed by atoms with Crippen molar-refractivity contribution in [2.24, 2.45) is 0 Å². The number of nitrogens with zero attached hydrogens (tertiary/aromatic N) is 2. The lowest BCUT2D eigenvalue weighted by Crippen LogP contribution is -2.21. The van der Waals surface area contributed by atoms with Crippen molar-refractivity contribution in [2.75, 3.05) is 35.8 Å². The zero-order chi connectivity index (χ0) is 17.7. The molecule has 1 aliphatic heterocycles. The van der Waals surface area contributed by atoms with Crippen LogP contribution in [0, 0.1) is 0 Å². The molecular weight excluding hydrogens is 340 g/mol. The van der Waals surface area contributed by atoms with Crippen LogP contribution >= 0.6 is 0 Å². The van der Waals surface area contributed by atoms with Gasteiger partial charge in [0, 0.05) is 18.8 Å². The Morgan fingerprint density at radius 2 is 2.04 bits per heavy atom. The Labute approximate surface area is 147 Å². The van der Waals surface area contributed by atoms with Gasteiger partial charge in [-0.2, -0.15) is 4.98 Å². The van der Waals surface area contributed by atoms with E-state index in [4.69, 9.17) is 4.74 Å². The van der Waals surface area contributed by atoms with Crippen molar-refractivity contribution in [3.8, 4) is 5.75 Å². The van der Waals surface area contributed by atoms with Crippen molar-refractivity contribution >= 4 is 21.6 Å². The number of hydrogen-bond donors (Lipinski definition) is 2. The quantitative estimate of drug-likeness (QED) is 0.775. The molecule has 2 heterocycles. The summed E-state index contributed by atoms with van der Waals surface area (Å²) in [7, 11) is -1.26. The van der Waals surface area contributed by atoms with Crippen molar-refractivity contribution in [2.45, 2.75) is 18.9 Å².